The van der Waals surface area contributed by atoms with Crippen LogP contribution in [-0.2, 0) is 16.0 Å². The Morgan fingerprint density at radius 1 is 0.917 bits per heavy atom. The summed E-state index contributed by atoms with van der Waals surface area (Å²) < 4.78 is 0. The van der Waals surface area contributed by atoms with Crippen LogP contribution in [0.25, 0.3) is 0 Å². The van der Waals surface area contributed by atoms with E-state index in [1.165, 1.54) is 24.8 Å². The molecule has 0 atom stereocenters. The number of benzene rings is 1. The van der Waals surface area contributed by atoms with E-state index >= 15 is 0 Å². The minimum Gasteiger partial charge on any atom is -0.348 e. The van der Waals surface area contributed by atoms with Crippen molar-refractivity contribution in [3.63, 3.8) is 0 Å². The van der Waals surface area contributed by atoms with Gasteiger partial charge in [0, 0.05) is 12.1 Å². The van der Waals surface area contributed by atoms with Crippen molar-refractivity contribution in [1.82, 2.24) is 10.6 Å². The zero-order chi connectivity index (χ0) is 16.6. The first-order chi connectivity index (χ1) is 11.6. The molecule has 1 aromatic carbocycles. The van der Waals surface area contributed by atoms with Crippen molar-refractivity contribution in [3.8, 4) is 0 Å². The van der Waals surface area contributed by atoms with E-state index in [4.69, 9.17) is 0 Å². The predicted molar refractivity (Wildman–Crippen MR) is 92.2 cm³/mol. The van der Waals surface area contributed by atoms with Gasteiger partial charge in [0.1, 0.15) is 0 Å². The van der Waals surface area contributed by atoms with E-state index < -0.39 is 11.8 Å². The van der Waals surface area contributed by atoms with Crippen LogP contribution in [0.4, 0.5) is 0 Å². The van der Waals surface area contributed by atoms with Gasteiger partial charge in [0.25, 0.3) is 0 Å². The lowest BCUT2D eigenvalue weighted by Gasteiger charge is -2.56. The Morgan fingerprint density at radius 2 is 1.50 bits per heavy atom. The van der Waals surface area contributed by atoms with Gasteiger partial charge in [-0.1, -0.05) is 30.3 Å². The van der Waals surface area contributed by atoms with Crippen molar-refractivity contribution in [2.45, 2.75) is 50.5 Å². The van der Waals surface area contributed by atoms with Gasteiger partial charge in [0.15, 0.2) is 0 Å². The molecule has 0 saturated heterocycles. The van der Waals surface area contributed by atoms with Crippen molar-refractivity contribution in [2.24, 2.45) is 17.8 Å². The monoisotopic (exact) mass is 326 g/mol. The first-order valence-corrected chi connectivity index (χ1v) is 9.26. The summed E-state index contributed by atoms with van der Waals surface area (Å²) in [5.41, 5.74) is 1.07. The molecule has 4 heteroatoms. The Hall–Kier alpha value is -1.84. The highest BCUT2D eigenvalue weighted by Crippen LogP contribution is 2.55. The average Bonchev–Trinajstić information content (AvgIpc) is 2.54. The SMILES string of the molecule is O=C(NCCc1ccccc1)C(=O)NC12CC3CC(CC(C3)C1)C2. The van der Waals surface area contributed by atoms with Crippen LogP contribution in [0.3, 0.4) is 0 Å². The van der Waals surface area contributed by atoms with Crippen LogP contribution in [0.15, 0.2) is 30.3 Å². The van der Waals surface area contributed by atoms with E-state index in [1.807, 2.05) is 30.3 Å². The highest BCUT2D eigenvalue weighted by molar-refractivity contribution is 6.35. The maximum atomic E-state index is 12.3. The van der Waals surface area contributed by atoms with Crippen molar-refractivity contribution >= 4 is 11.8 Å². The third kappa shape index (κ3) is 3.19. The number of amides is 2. The Balaban J connectivity index is 1.29. The standard InChI is InChI=1S/C20H26N2O2/c23-18(21-7-6-14-4-2-1-3-5-14)19(24)22-20-11-15-8-16(12-20)10-17(9-15)13-20/h1-5,15-17H,6-13H2,(H,21,23)(H,22,24). The van der Waals surface area contributed by atoms with E-state index in [1.54, 1.807) is 0 Å². The summed E-state index contributed by atoms with van der Waals surface area (Å²) in [6, 6.07) is 10.00. The molecule has 4 aliphatic carbocycles. The van der Waals surface area contributed by atoms with Crippen LogP contribution in [0.2, 0.25) is 0 Å². The molecule has 4 fully saturated rings. The van der Waals surface area contributed by atoms with Crippen molar-refractivity contribution in [2.75, 3.05) is 6.54 Å². The molecule has 1 aromatic rings. The molecule has 0 spiro atoms. The zero-order valence-corrected chi connectivity index (χ0v) is 14.1. The molecule has 5 rings (SSSR count). The second-order valence-electron chi connectivity index (χ2n) is 8.14. The fourth-order valence-electron chi connectivity index (χ4n) is 5.61. The largest absolute Gasteiger partial charge is 0.348 e. The van der Waals surface area contributed by atoms with Crippen molar-refractivity contribution in [1.29, 1.82) is 0 Å². The molecule has 128 valence electrons. The average molecular weight is 326 g/mol. The molecule has 0 unspecified atom stereocenters. The van der Waals surface area contributed by atoms with Gasteiger partial charge in [-0.05, 0) is 68.3 Å². The van der Waals surface area contributed by atoms with Crippen LogP contribution in [0.1, 0.15) is 44.1 Å². The molecule has 2 N–H and O–H groups in total. The molecule has 0 radical (unpaired) electrons. The summed E-state index contributed by atoms with van der Waals surface area (Å²) in [4.78, 5) is 24.5. The van der Waals surface area contributed by atoms with E-state index in [0.717, 1.165) is 43.4 Å². The predicted octanol–water partition coefficient (Wildman–Crippen LogP) is 2.43. The van der Waals surface area contributed by atoms with Gasteiger partial charge < -0.3 is 10.6 Å². The third-order valence-electron chi connectivity index (χ3n) is 6.17. The first kappa shape index (κ1) is 15.7. The zero-order valence-electron chi connectivity index (χ0n) is 14.1. The fraction of sp³-hybridized carbons (Fsp3) is 0.600. The molecule has 4 aliphatic rings. The Kier molecular flexibility index (Phi) is 4.07. The molecule has 0 aromatic heterocycles. The molecule has 4 saturated carbocycles. The van der Waals surface area contributed by atoms with E-state index in [-0.39, 0.29) is 5.54 Å². The quantitative estimate of drug-likeness (QED) is 0.835. The summed E-state index contributed by atoms with van der Waals surface area (Å²) in [6.45, 7) is 0.497. The van der Waals surface area contributed by atoms with Crippen LogP contribution < -0.4 is 10.6 Å². The van der Waals surface area contributed by atoms with Crippen LogP contribution in [0, 0.1) is 17.8 Å². The smallest absolute Gasteiger partial charge is 0.309 e. The molecule has 24 heavy (non-hydrogen) atoms. The summed E-state index contributed by atoms with van der Waals surface area (Å²) in [5.74, 6) is 1.36. The Morgan fingerprint density at radius 3 is 2.08 bits per heavy atom. The van der Waals surface area contributed by atoms with Gasteiger partial charge in [0.05, 0.1) is 0 Å². The molecule has 0 heterocycles. The topological polar surface area (TPSA) is 58.2 Å². The van der Waals surface area contributed by atoms with E-state index in [0.29, 0.717) is 6.54 Å². The highest BCUT2D eigenvalue weighted by Gasteiger charge is 2.51. The normalized spacial score (nSPS) is 33.2. The minimum atomic E-state index is -0.485. The summed E-state index contributed by atoms with van der Waals surface area (Å²) in [6.07, 6.45) is 7.96. The number of carbonyl (C=O) groups is 2. The van der Waals surface area contributed by atoms with E-state index in [9.17, 15) is 9.59 Å². The maximum absolute atomic E-state index is 12.3. The maximum Gasteiger partial charge on any atom is 0.309 e. The van der Waals surface area contributed by atoms with Crippen LogP contribution in [0.5, 0.6) is 0 Å². The summed E-state index contributed by atoms with van der Waals surface area (Å²) >= 11 is 0. The number of hydrogen-bond donors (Lipinski definition) is 2. The number of nitrogens with one attached hydrogen (secondary N) is 2. The second kappa shape index (κ2) is 6.23. The molecule has 4 nitrogen and oxygen atoms in total. The van der Waals surface area contributed by atoms with Crippen molar-refractivity contribution in [3.05, 3.63) is 35.9 Å². The number of hydrogen-bond acceptors (Lipinski definition) is 2. The first-order valence-electron chi connectivity index (χ1n) is 9.26. The summed E-state index contributed by atoms with van der Waals surface area (Å²) in [7, 11) is 0. The highest BCUT2D eigenvalue weighted by atomic mass is 16.2. The van der Waals surface area contributed by atoms with Crippen molar-refractivity contribution < 1.29 is 9.59 Å². The lowest BCUT2D eigenvalue weighted by molar-refractivity contribution is -0.142. The lowest BCUT2D eigenvalue weighted by Crippen LogP contribution is -2.61. The second-order valence-corrected chi connectivity index (χ2v) is 8.14. The lowest BCUT2D eigenvalue weighted by atomic mass is 9.53. The fourth-order valence-corrected chi connectivity index (χ4v) is 5.61. The molecule has 4 bridgehead atoms. The minimum absolute atomic E-state index is 0.0946. The van der Waals surface area contributed by atoms with Crippen LogP contribution >= 0.6 is 0 Å². The third-order valence-corrected chi connectivity index (χ3v) is 6.17. The summed E-state index contributed by atoms with van der Waals surface area (Å²) in [5, 5.41) is 5.88. The molecule has 0 aliphatic heterocycles. The molecular weight excluding hydrogens is 300 g/mol. The molecule has 2 amide bonds. The van der Waals surface area contributed by atoms with Gasteiger partial charge in [-0.25, -0.2) is 0 Å². The van der Waals surface area contributed by atoms with Gasteiger partial charge >= 0.3 is 11.8 Å². The molecular formula is C20H26N2O2. The number of rotatable bonds is 4. The Labute approximate surface area is 143 Å². The van der Waals surface area contributed by atoms with Gasteiger partial charge in [0.2, 0.25) is 0 Å². The van der Waals surface area contributed by atoms with Crippen LogP contribution in [-0.4, -0.2) is 23.9 Å². The van der Waals surface area contributed by atoms with Gasteiger partial charge in [-0.15, -0.1) is 0 Å². The van der Waals surface area contributed by atoms with E-state index in [2.05, 4.69) is 10.6 Å². The number of carbonyl (C=O) groups excluding carboxylic acids is 2. The van der Waals surface area contributed by atoms with Gasteiger partial charge in [-0.3, -0.25) is 9.59 Å². The Bertz CT molecular complexity index is 591. The van der Waals surface area contributed by atoms with Gasteiger partial charge in [-0.2, -0.15) is 0 Å².